The number of benzene rings is 2. The highest BCUT2D eigenvalue weighted by atomic mass is 35.5. The van der Waals surface area contributed by atoms with E-state index in [0.29, 0.717) is 6.54 Å². The molecule has 0 fully saturated rings. The number of carboxylic acid groups (broad SMARTS) is 2. The molecule has 0 saturated carbocycles. The quantitative estimate of drug-likeness (QED) is 0.349. The second-order valence-electron chi connectivity index (χ2n) is 7.23. The Hall–Kier alpha value is -3.55. The molecule has 2 aromatic carbocycles. The molecule has 0 aliphatic carbocycles. The second-order valence-corrected chi connectivity index (χ2v) is 9.72. The SMILES string of the molecule is CN(Cc1ccccc1)c1ncc(NS(=O)(=O)c2ccc(Cl)c(Cl)c2)cc1C(=O)O.O=C(O)C(F)(F)F. The van der Waals surface area contributed by atoms with E-state index in [1.54, 1.807) is 11.9 Å². The number of aromatic carboxylic acids is 1. The molecule has 9 nitrogen and oxygen atoms in total. The van der Waals surface area contributed by atoms with E-state index in [1.165, 1.54) is 30.5 Å². The molecule has 0 amide bonds. The van der Waals surface area contributed by atoms with Gasteiger partial charge in [-0.05, 0) is 29.8 Å². The van der Waals surface area contributed by atoms with Crippen LogP contribution in [0.2, 0.25) is 10.0 Å². The van der Waals surface area contributed by atoms with Crippen LogP contribution in [0.5, 0.6) is 0 Å². The standard InChI is InChI=1S/C20H17Cl2N3O4S.C2HF3O2/c1-25(12-13-5-3-2-4-6-13)19-16(20(26)27)9-14(11-23-19)24-30(28,29)15-7-8-17(21)18(22)10-15;3-2(4,5)1(6)7/h2-11,24H,12H2,1H3,(H,26,27);(H,6,7). The largest absolute Gasteiger partial charge is 0.490 e. The third-order valence-corrected chi connectivity index (χ3v) is 6.54. The average molecular weight is 580 g/mol. The van der Waals surface area contributed by atoms with Gasteiger partial charge in [-0.1, -0.05) is 53.5 Å². The lowest BCUT2D eigenvalue weighted by molar-refractivity contribution is -0.192. The smallest absolute Gasteiger partial charge is 0.478 e. The number of halogens is 5. The zero-order valence-corrected chi connectivity index (χ0v) is 21.0. The van der Waals surface area contributed by atoms with E-state index in [4.69, 9.17) is 33.1 Å². The zero-order chi connectivity index (χ0) is 28.0. The van der Waals surface area contributed by atoms with Gasteiger partial charge in [0.05, 0.1) is 26.8 Å². The summed E-state index contributed by atoms with van der Waals surface area (Å²) in [5.41, 5.74) is 0.848. The van der Waals surface area contributed by atoms with Gasteiger partial charge in [0.25, 0.3) is 10.0 Å². The van der Waals surface area contributed by atoms with Gasteiger partial charge in [0, 0.05) is 13.6 Å². The van der Waals surface area contributed by atoms with E-state index in [1.807, 2.05) is 30.3 Å². The minimum atomic E-state index is -5.08. The maximum absolute atomic E-state index is 12.6. The first-order valence-corrected chi connectivity index (χ1v) is 12.1. The molecule has 0 radical (unpaired) electrons. The van der Waals surface area contributed by atoms with Crippen molar-refractivity contribution in [3.63, 3.8) is 0 Å². The van der Waals surface area contributed by atoms with Crippen molar-refractivity contribution in [1.82, 2.24) is 4.98 Å². The Morgan fingerprint density at radius 1 is 1.03 bits per heavy atom. The predicted molar refractivity (Wildman–Crippen MR) is 131 cm³/mol. The number of carbonyl (C=O) groups is 2. The monoisotopic (exact) mass is 579 g/mol. The van der Waals surface area contributed by atoms with Crippen LogP contribution in [0.4, 0.5) is 24.7 Å². The summed E-state index contributed by atoms with van der Waals surface area (Å²) in [6.45, 7) is 0.433. The van der Waals surface area contributed by atoms with Crippen LogP contribution >= 0.6 is 23.2 Å². The number of rotatable bonds is 7. The normalized spacial score (nSPS) is 11.2. The number of hydrogen-bond donors (Lipinski definition) is 3. The Balaban J connectivity index is 0.000000604. The van der Waals surface area contributed by atoms with E-state index < -0.39 is 28.1 Å². The third-order valence-electron chi connectivity index (χ3n) is 4.42. The molecular formula is C22H18Cl2F3N3O6S. The minimum absolute atomic E-state index is 0.00957. The van der Waals surface area contributed by atoms with Gasteiger partial charge in [-0.25, -0.2) is 23.0 Å². The van der Waals surface area contributed by atoms with E-state index in [0.717, 1.165) is 5.56 Å². The molecule has 37 heavy (non-hydrogen) atoms. The zero-order valence-electron chi connectivity index (χ0n) is 18.7. The lowest BCUT2D eigenvalue weighted by atomic mass is 10.2. The maximum atomic E-state index is 12.6. The van der Waals surface area contributed by atoms with Crippen molar-refractivity contribution in [2.45, 2.75) is 17.6 Å². The minimum Gasteiger partial charge on any atom is -0.478 e. The van der Waals surface area contributed by atoms with Gasteiger partial charge in [0.1, 0.15) is 11.4 Å². The number of carboxylic acids is 2. The Bertz CT molecular complexity index is 1390. The molecule has 3 rings (SSSR count). The first kappa shape index (κ1) is 29.7. The van der Waals surface area contributed by atoms with Crippen LogP contribution in [0.15, 0.2) is 65.7 Å². The van der Waals surface area contributed by atoms with E-state index in [2.05, 4.69) is 9.71 Å². The summed E-state index contributed by atoms with van der Waals surface area (Å²) in [5.74, 6) is -3.77. The van der Waals surface area contributed by atoms with Crippen molar-refractivity contribution in [1.29, 1.82) is 0 Å². The van der Waals surface area contributed by atoms with Gasteiger partial charge in [0.15, 0.2) is 0 Å². The van der Waals surface area contributed by atoms with Crippen LogP contribution in [0.25, 0.3) is 0 Å². The van der Waals surface area contributed by atoms with Crippen molar-refractivity contribution in [2.75, 3.05) is 16.7 Å². The van der Waals surface area contributed by atoms with Crippen molar-refractivity contribution in [2.24, 2.45) is 0 Å². The molecule has 1 aromatic heterocycles. The molecular weight excluding hydrogens is 562 g/mol. The van der Waals surface area contributed by atoms with Gasteiger partial charge in [-0.15, -0.1) is 0 Å². The summed E-state index contributed by atoms with van der Waals surface area (Å²) in [6, 6.07) is 14.6. The van der Waals surface area contributed by atoms with Gasteiger partial charge in [-0.3, -0.25) is 4.72 Å². The molecule has 1 heterocycles. The fraction of sp³-hybridized carbons (Fsp3) is 0.136. The van der Waals surface area contributed by atoms with Crippen LogP contribution in [0, 0.1) is 0 Å². The van der Waals surface area contributed by atoms with Gasteiger partial charge < -0.3 is 15.1 Å². The van der Waals surface area contributed by atoms with Gasteiger partial charge >= 0.3 is 18.1 Å². The number of aliphatic carboxylic acids is 1. The summed E-state index contributed by atoms with van der Waals surface area (Å²) in [5, 5.41) is 17.0. The lowest BCUT2D eigenvalue weighted by Gasteiger charge is -2.21. The molecule has 3 N–H and O–H groups in total. The molecule has 0 bridgehead atoms. The molecule has 15 heteroatoms. The number of anilines is 2. The van der Waals surface area contributed by atoms with Crippen LogP contribution in [-0.4, -0.2) is 48.8 Å². The van der Waals surface area contributed by atoms with Crippen molar-refractivity contribution < 1.29 is 41.4 Å². The summed E-state index contributed by atoms with van der Waals surface area (Å²) in [4.78, 5) is 26.4. The highest BCUT2D eigenvalue weighted by Gasteiger charge is 2.38. The Morgan fingerprint density at radius 2 is 1.62 bits per heavy atom. The van der Waals surface area contributed by atoms with Gasteiger partial charge in [0.2, 0.25) is 0 Å². The Morgan fingerprint density at radius 3 is 2.14 bits per heavy atom. The van der Waals surface area contributed by atoms with Crippen LogP contribution in [0.1, 0.15) is 15.9 Å². The molecule has 0 atom stereocenters. The number of nitrogens with one attached hydrogen (secondary N) is 1. The number of aromatic nitrogens is 1. The molecule has 3 aromatic rings. The summed E-state index contributed by atoms with van der Waals surface area (Å²) < 4.78 is 59.3. The second kappa shape index (κ2) is 12.1. The Kier molecular flexibility index (Phi) is 9.73. The molecule has 0 saturated heterocycles. The van der Waals surface area contributed by atoms with E-state index in [-0.39, 0.29) is 32.0 Å². The first-order valence-electron chi connectivity index (χ1n) is 9.88. The molecule has 0 spiro atoms. The summed E-state index contributed by atoms with van der Waals surface area (Å²) in [6.07, 6.45) is -3.82. The number of pyridine rings is 1. The first-order chi connectivity index (χ1) is 17.1. The van der Waals surface area contributed by atoms with E-state index in [9.17, 15) is 31.5 Å². The fourth-order valence-corrected chi connectivity index (χ4v) is 4.19. The van der Waals surface area contributed by atoms with Crippen molar-refractivity contribution in [3.8, 4) is 0 Å². The van der Waals surface area contributed by atoms with Gasteiger partial charge in [-0.2, -0.15) is 13.2 Å². The van der Waals surface area contributed by atoms with Crippen molar-refractivity contribution >= 4 is 56.7 Å². The summed E-state index contributed by atoms with van der Waals surface area (Å²) >= 11 is 11.7. The average Bonchev–Trinajstić information content (AvgIpc) is 2.80. The predicted octanol–water partition coefficient (Wildman–Crippen LogP) is 5.16. The van der Waals surface area contributed by atoms with Crippen LogP contribution < -0.4 is 9.62 Å². The number of hydrogen-bond acceptors (Lipinski definition) is 6. The third kappa shape index (κ3) is 8.51. The lowest BCUT2D eigenvalue weighted by Crippen LogP contribution is -2.21. The van der Waals surface area contributed by atoms with Crippen LogP contribution in [-0.2, 0) is 21.4 Å². The highest BCUT2D eigenvalue weighted by Crippen LogP contribution is 2.27. The summed E-state index contributed by atoms with van der Waals surface area (Å²) in [7, 11) is -2.31. The Labute approximate surface area is 219 Å². The molecule has 198 valence electrons. The molecule has 0 aliphatic rings. The van der Waals surface area contributed by atoms with Crippen LogP contribution in [0.3, 0.4) is 0 Å². The topological polar surface area (TPSA) is 137 Å². The van der Waals surface area contributed by atoms with Crippen molar-refractivity contribution in [3.05, 3.63) is 82.0 Å². The highest BCUT2D eigenvalue weighted by molar-refractivity contribution is 7.92. The van der Waals surface area contributed by atoms with E-state index >= 15 is 0 Å². The number of alkyl halides is 3. The maximum Gasteiger partial charge on any atom is 0.490 e. The number of nitrogens with zero attached hydrogens (tertiary/aromatic N) is 2. The fourth-order valence-electron chi connectivity index (χ4n) is 2.77. The molecule has 0 aliphatic heterocycles. The number of sulfonamides is 1. The molecule has 0 unspecified atom stereocenters.